The van der Waals surface area contributed by atoms with Gasteiger partial charge in [-0.2, -0.15) is 5.10 Å². The topological polar surface area (TPSA) is 41.5 Å². The highest BCUT2D eigenvalue weighted by atomic mass is 35.6. The Labute approximate surface area is 102 Å². The van der Waals surface area contributed by atoms with E-state index in [0.29, 0.717) is 0 Å². The van der Waals surface area contributed by atoms with Crippen molar-refractivity contribution in [1.29, 1.82) is 0 Å². The SMILES string of the molecule is O=C(N/N=C/c1ccccc1)C(Cl)(Cl)Cl. The van der Waals surface area contributed by atoms with E-state index in [-0.39, 0.29) is 0 Å². The van der Waals surface area contributed by atoms with Crippen LogP contribution >= 0.6 is 34.8 Å². The average Bonchev–Trinajstić information content (AvgIpc) is 2.18. The van der Waals surface area contributed by atoms with Crippen molar-refractivity contribution >= 4 is 46.9 Å². The summed E-state index contributed by atoms with van der Waals surface area (Å²) in [6.07, 6.45) is 1.45. The molecule has 0 unspecified atom stereocenters. The lowest BCUT2D eigenvalue weighted by molar-refractivity contribution is -0.120. The third-order valence-electron chi connectivity index (χ3n) is 1.44. The number of hydrogen-bond acceptors (Lipinski definition) is 2. The first-order chi connectivity index (χ1) is 7.00. The number of nitrogens with one attached hydrogen (secondary N) is 1. The fraction of sp³-hybridized carbons (Fsp3) is 0.111. The summed E-state index contributed by atoms with van der Waals surface area (Å²) in [7, 11) is 0. The fourth-order valence-electron chi connectivity index (χ4n) is 0.768. The number of alkyl halides is 3. The van der Waals surface area contributed by atoms with E-state index in [9.17, 15) is 4.79 Å². The third-order valence-corrected chi connectivity index (χ3v) is 1.95. The molecule has 0 fully saturated rings. The van der Waals surface area contributed by atoms with Gasteiger partial charge in [-0.05, 0) is 5.56 Å². The molecule has 80 valence electrons. The predicted octanol–water partition coefficient (Wildman–Crippen LogP) is 2.51. The maximum Gasteiger partial charge on any atom is 0.292 e. The van der Waals surface area contributed by atoms with Crippen LogP contribution in [-0.4, -0.2) is 15.9 Å². The fourth-order valence-corrected chi connectivity index (χ4v) is 0.895. The molecule has 0 heterocycles. The highest BCUT2D eigenvalue weighted by molar-refractivity contribution is 6.76. The molecule has 0 radical (unpaired) electrons. The van der Waals surface area contributed by atoms with E-state index in [2.05, 4.69) is 10.5 Å². The molecular formula is C9H7Cl3N2O. The minimum Gasteiger partial charge on any atom is -0.268 e. The van der Waals surface area contributed by atoms with Crippen molar-refractivity contribution < 1.29 is 4.79 Å². The number of amides is 1. The zero-order chi connectivity index (χ0) is 11.3. The first kappa shape index (κ1) is 12.3. The molecular weight excluding hydrogens is 258 g/mol. The van der Waals surface area contributed by atoms with Crippen molar-refractivity contribution in [2.45, 2.75) is 3.79 Å². The molecule has 0 aliphatic heterocycles. The first-order valence-electron chi connectivity index (χ1n) is 3.95. The van der Waals surface area contributed by atoms with Crippen molar-refractivity contribution in [3.8, 4) is 0 Å². The Bertz CT molecular complexity index is 359. The summed E-state index contributed by atoms with van der Waals surface area (Å²) in [6.45, 7) is 0. The van der Waals surface area contributed by atoms with E-state index in [1.807, 2.05) is 30.3 Å². The van der Waals surface area contributed by atoms with Gasteiger partial charge >= 0.3 is 0 Å². The van der Waals surface area contributed by atoms with Crippen LogP contribution in [0.1, 0.15) is 5.56 Å². The molecule has 0 saturated heterocycles. The molecule has 15 heavy (non-hydrogen) atoms. The van der Waals surface area contributed by atoms with Crippen LogP contribution in [-0.2, 0) is 4.79 Å². The molecule has 6 heteroatoms. The molecule has 0 spiro atoms. The van der Waals surface area contributed by atoms with E-state index >= 15 is 0 Å². The minimum absolute atomic E-state index is 0.792. The van der Waals surface area contributed by atoms with Crippen LogP contribution in [0, 0.1) is 0 Å². The zero-order valence-electron chi connectivity index (χ0n) is 7.45. The Morgan fingerprint density at radius 2 is 1.87 bits per heavy atom. The van der Waals surface area contributed by atoms with Crippen LogP contribution in [0.25, 0.3) is 0 Å². The number of halogens is 3. The van der Waals surface area contributed by atoms with E-state index < -0.39 is 9.70 Å². The summed E-state index contributed by atoms with van der Waals surface area (Å²) in [6, 6.07) is 9.21. The quantitative estimate of drug-likeness (QED) is 0.498. The van der Waals surface area contributed by atoms with E-state index in [4.69, 9.17) is 34.8 Å². The molecule has 1 rings (SSSR count). The Morgan fingerprint density at radius 3 is 2.40 bits per heavy atom. The molecule has 0 atom stereocenters. The van der Waals surface area contributed by atoms with Crippen molar-refractivity contribution in [2.75, 3.05) is 0 Å². The lowest BCUT2D eigenvalue weighted by atomic mass is 10.2. The molecule has 0 aliphatic rings. The van der Waals surface area contributed by atoms with E-state index in [0.717, 1.165) is 5.56 Å². The zero-order valence-corrected chi connectivity index (χ0v) is 9.72. The van der Waals surface area contributed by atoms with Gasteiger partial charge in [0.2, 0.25) is 0 Å². The molecule has 1 aromatic rings. The minimum atomic E-state index is -1.99. The molecule has 0 saturated carbocycles. The van der Waals surface area contributed by atoms with Gasteiger partial charge in [-0.3, -0.25) is 4.79 Å². The van der Waals surface area contributed by atoms with Crippen LogP contribution in [0.3, 0.4) is 0 Å². The van der Waals surface area contributed by atoms with Crippen molar-refractivity contribution in [3.05, 3.63) is 35.9 Å². The van der Waals surface area contributed by atoms with Crippen LogP contribution in [0.15, 0.2) is 35.4 Å². The summed E-state index contributed by atoms with van der Waals surface area (Å²) in [5, 5.41) is 3.63. The van der Waals surface area contributed by atoms with Gasteiger partial charge in [0.05, 0.1) is 6.21 Å². The molecule has 1 aromatic carbocycles. The summed E-state index contributed by atoms with van der Waals surface area (Å²) in [5.41, 5.74) is 2.94. The molecule has 0 bridgehead atoms. The van der Waals surface area contributed by atoms with Gasteiger partial charge in [0, 0.05) is 0 Å². The second-order valence-corrected chi connectivity index (χ2v) is 4.89. The monoisotopic (exact) mass is 264 g/mol. The number of hydrazone groups is 1. The Morgan fingerprint density at radius 1 is 1.27 bits per heavy atom. The second-order valence-electron chi connectivity index (χ2n) is 2.61. The van der Waals surface area contributed by atoms with E-state index in [1.54, 1.807) is 0 Å². The molecule has 0 aliphatic carbocycles. The van der Waals surface area contributed by atoms with Gasteiger partial charge in [-0.25, -0.2) is 5.43 Å². The summed E-state index contributed by atoms with van der Waals surface area (Å²) in [5.74, 6) is -0.792. The van der Waals surface area contributed by atoms with Gasteiger partial charge in [-0.1, -0.05) is 65.1 Å². The smallest absolute Gasteiger partial charge is 0.268 e. The highest BCUT2D eigenvalue weighted by Gasteiger charge is 2.30. The Balaban J connectivity index is 2.51. The number of nitrogens with zero attached hydrogens (tertiary/aromatic N) is 1. The molecule has 1 amide bonds. The summed E-state index contributed by atoms with van der Waals surface area (Å²) >= 11 is 15.9. The largest absolute Gasteiger partial charge is 0.292 e. The van der Waals surface area contributed by atoms with Gasteiger partial charge in [0.1, 0.15) is 0 Å². The predicted molar refractivity (Wildman–Crippen MR) is 62.5 cm³/mol. The van der Waals surface area contributed by atoms with Crippen molar-refractivity contribution in [1.82, 2.24) is 5.43 Å². The van der Waals surface area contributed by atoms with Crippen molar-refractivity contribution in [3.63, 3.8) is 0 Å². The normalized spacial score (nSPS) is 11.7. The van der Waals surface area contributed by atoms with Gasteiger partial charge in [-0.15, -0.1) is 0 Å². The van der Waals surface area contributed by atoms with Gasteiger partial charge in [0.25, 0.3) is 9.70 Å². The summed E-state index contributed by atoms with van der Waals surface area (Å²) in [4.78, 5) is 11.0. The van der Waals surface area contributed by atoms with Gasteiger partial charge in [0.15, 0.2) is 0 Å². The van der Waals surface area contributed by atoms with Crippen LogP contribution in [0.2, 0.25) is 0 Å². The van der Waals surface area contributed by atoms with Gasteiger partial charge < -0.3 is 0 Å². The van der Waals surface area contributed by atoms with Crippen molar-refractivity contribution in [2.24, 2.45) is 5.10 Å². The third kappa shape index (κ3) is 4.51. The Hall–Kier alpha value is -0.770. The lowest BCUT2D eigenvalue weighted by Crippen LogP contribution is -2.30. The first-order valence-corrected chi connectivity index (χ1v) is 5.09. The summed E-state index contributed by atoms with van der Waals surface area (Å²) < 4.78 is -1.99. The van der Waals surface area contributed by atoms with Crippen LogP contribution in [0.5, 0.6) is 0 Å². The second kappa shape index (κ2) is 5.35. The van der Waals surface area contributed by atoms with Crippen LogP contribution in [0.4, 0.5) is 0 Å². The number of carbonyl (C=O) groups is 1. The molecule has 3 nitrogen and oxygen atoms in total. The molecule has 0 aromatic heterocycles. The van der Waals surface area contributed by atoms with E-state index in [1.165, 1.54) is 6.21 Å². The maximum atomic E-state index is 11.0. The number of hydrogen-bond donors (Lipinski definition) is 1. The number of benzene rings is 1. The standard InChI is InChI=1S/C9H7Cl3N2O/c10-9(11,12)8(15)14-13-6-7-4-2-1-3-5-7/h1-6H,(H,14,15)/b13-6+. The maximum absolute atomic E-state index is 11.0. The lowest BCUT2D eigenvalue weighted by Gasteiger charge is -2.06. The molecule has 1 N–H and O–H groups in total. The Kier molecular flexibility index (Phi) is 4.39. The average molecular weight is 266 g/mol. The number of carbonyl (C=O) groups excluding carboxylic acids is 1. The number of rotatable bonds is 2. The van der Waals surface area contributed by atoms with Crippen LogP contribution < -0.4 is 5.43 Å². The highest BCUT2D eigenvalue weighted by Crippen LogP contribution is 2.25.